The van der Waals surface area contributed by atoms with Gasteiger partial charge in [0.2, 0.25) is 10.0 Å². The molecule has 3 nitrogen and oxygen atoms in total. The number of hydrogen-bond donors (Lipinski definition) is 1. The predicted octanol–water partition coefficient (Wildman–Crippen LogP) is 3.38. The molecule has 1 N–H and O–H groups in total. The molecule has 0 radical (unpaired) electrons. The van der Waals surface area contributed by atoms with E-state index in [4.69, 9.17) is 0 Å². The van der Waals surface area contributed by atoms with E-state index >= 15 is 0 Å². The fraction of sp³-hybridized carbons (Fsp3) is 0.143. The van der Waals surface area contributed by atoms with Crippen molar-refractivity contribution in [1.29, 1.82) is 0 Å². The van der Waals surface area contributed by atoms with Gasteiger partial charge in [0.25, 0.3) is 0 Å². The molecule has 0 saturated carbocycles. The zero-order valence-electron chi connectivity index (χ0n) is 10.7. The first-order valence-electron chi connectivity index (χ1n) is 5.89. The van der Waals surface area contributed by atoms with E-state index in [1.54, 1.807) is 0 Å². The summed E-state index contributed by atoms with van der Waals surface area (Å²) in [5.74, 6) is -0.608. The Morgan fingerprint density at radius 3 is 2.55 bits per heavy atom. The minimum Gasteiger partial charge on any atom is -0.207 e. The van der Waals surface area contributed by atoms with Crippen LogP contribution in [0.4, 0.5) is 4.39 Å². The maximum absolute atomic E-state index is 13.4. The average molecular weight is 358 g/mol. The molecule has 106 valence electrons. The number of nitrogens with one attached hydrogen (secondary N) is 1. The van der Waals surface area contributed by atoms with Gasteiger partial charge in [0.1, 0.15) is 5.82 Å². The van der Waals surface area contributed by atoms with Gasteiger partial charge in [0, 0.05) is 6.54 Å². The SMILES string of the molecule is Cc1ccccc1CNS(=O)(=O)c1ccc(Br)c(F)c1. The second-order valence-corrected chi connectivity index (χ2v) is 6.95. The van der Waals surface area contributed by atoms with Crippen LogP contribution in [-0.2, 0) is 16.6 Å². The molecule has 6 heteroatoms. The van der Waals surface area contributed by atoms with Crippen LogP contribution in [-0.4, -0.2) is 8.42 Å². The van der Waals surface area contributed by atoms with E-state index in [0.717, 1.165) is 17.2 Å². The fourth-order valence-corrected chi connectivity index (χ4v) is 2.97. The minimum absolute atomic E-state index is 0.0909. The summed E-state index contributed by atoms with van der Waals surface area (Å²) in [5, 5.41) is 0. The molecular formula is C14H13BrFNO2S. The molecule has 0 aromatic heterocycles. The Morgan fingerprint density at radius 1 is 1.20 bits per heavy atom. The maximum Gasteiger partial charge on any atom is 0.240 e. The summed E-state index contributed by atoms with van der Waals surface area (Å²) in [6.07, 6.45) is 0. The molecule has 0 aliphatic carbocycles. The summed E-state index contributed by atoms with van der Waals surface area (Å²) < 4.78 is 40.3. The molecule has 0 unspecified atom stereocenters. The molecule has 2 aromatic rings. The van der Waals surface area contributed by atoms with Crippen LogP contribution in [0.1, 0.15) is 11.1 Å². The summed E-state index contributed by atoms with van der Waals surface area (Å²) in [6, 6.07) is 11.2. The van der Waals surface area contributed by atoms with E-state index in [1.165, 1.54) is 12.1 Å². The van der Waals surface area contributed by atoms with Crippen molar-refractivity contribution in [2.24, 2.45) is 0 Å². The molecule has 0 amide bonds. The highest BCUT2D eigenvalue weighted by Gasteiger charge is 2.15. The molecule has 0 aliphatic rings. The van der Waals surface area contributed by atoms with E-state index in [2.05, 4.69) is 20.7 Å². The Morgan fingerprint density at radius 2 is 1.90 bits per heavy atom. The topological polar surface area (TPSA) is 46.2 Å². The first-order valence-corrected chi connectivity index (χ1v) is 8.17. The van der Waals surface area contributed by atoms with Gasteiger partial charge in [-0.1, -0.05) is 24.3 Å². The Balaban J connectivity index is 2.19. The van der Waals surface area contributed by atoms with Crippen molar-refractivity contribution in [2.45, 2.75) is 18.4 Å². The molecule has 20 heavy (non-hydrogen) atoms. The number of aryl methyl sites for hydroxylation is 1. The number of benzene rings is 2. The van der Waals surface area contributed by atoms with Gasteiger partial charge < -0.3 is 0 Å². The molecule has 0 saturated heterocycles. The van der Waals surface area contributed by atoms with Crippen LogP contribution in [0, 0.1) is 12.7 Å². The Labute approximate surface area is 126 Å². The van der Waals surface area contributed by atoms with Gasteiger partial charge in [-0.15, -0.1) is 0 Å². The van der Waals surface area contributed by atoms with Crippen LogP contribution in [0.2, 0.25) is 0 Å². The van der Waals surface area contributed by atoms with E-state index in [1.807, 2.05) is 31.2 Å². The lowest BCUT2D eigenvalue weighted by molar-refractivity contribution is 0.576. The monoisotopic (exact) mass is 357 g/mol. The molecule has 0 bridgehead atoms. The highest BCUT2D eigenvalue weighted by atomic mass is 79.9. The van der Waals surface area contributed by atoms with Crippen LogP contribution in [0.25, 0.3) is 0 Å². The van der Waals surface area contributed by atoms with Gasteiger partial charge in [0.15, 0.2) is 0 Å². The van der Waals surface area contributed by atoms with Crippen LogP contribution in [0.15, 0.2) is 51.8 Å². The lowest BCUT2D eigenvalue weighted by Gasteiger charge is -2.09. The molecular weight excluding hydrogens is 345 g/mol. The molecule has 0 spiro atoms. The Hall–Kier alpha value is -1.24. The summed E-state index contributed by atoms with van der Waals surface area (Å²) in [6.45, 7) is 2.08. The molecule has 0 atom stereocenters. The molecule has 0 aliphatic heterocycles. The van der Waals surface area contributed by atoms with Crippen molar-refractivity contribution >= 4 is 26.0 Å². The third-order valence-corrected chi connectivity index (χ3v) is 4.96. The van der Waals surface area contributed by atoms with Crippen molar-refractivity contribution in [3.63, 3.8) is 0 Å². The lowest BCUT2D eigenvalue weighted by atomic mass is 10.1. The highest BCUT2D eigenvalue weighted by molar-refractivity contribution is 9.10. The standard InChI is InChI=1S/C14H13BrFNO2S/c1-10-4-2-3-5-11(10)9-17-20(18,19)12-6-7-13(15)14(16)8-12/h2-8,17H,9H2,1H3. The second kappa shape index (κ2) is 6.03. The van der Waals surface area contributed by atoms with Crippen molar-refractivity contribution < 1.29 is 12.8 Å². The van der Waals surface area contributed by atoms with Gasteiger partial charge >= 0.3 is 0 Å². The molecule has 0 heterocycles. The largest absolute Gasteiger partial charge is 0.240 e. The first kappa shape index (κ1) is 15.2. The number of rotatable bonds is 4. The summed E-state index contributed by atoms with van der Waals surface area (Å²) in [5.41, 5.74) is 1.88. The van der Waals surface area contributed by atoms with E-state index in [0.29, 0.717) is 0 Å². The zero-order valence-corrected chi connectivity index (χ0v) is 13.1. The van der Waals surface area contributed by atoms with Crippen molar-refractivity contribution in [2.75, 3.05) is 0 Å². The smallest absolute Gasteiger partial charge is 0.207 e. The van der Waals surface area contributed by atoms with Gasteiger partial charge in [-0.05, 0) is 52.2 Å². The van der Waals surface area contributed by atoms with Crippen molar-refractivity contribution in [3.8, 4) is 0 Å². The van der Waals surface area contributed by atoms with Crippen molar-refractivity contribution in [3.05, 3.63) is 63.9 Å². The van der Waals surface area contributed by atoms with E-state index in [9.17, 15) is 12.8 Å². The summed E-state index contributed by atoms with van der Waals surface area (Å²) in [4.78, 5) is -0.0909. The normalized spacial score (nSPS) is 11.6. The Kier molecular flexibility index (Phi) is 4.57. The second-order valence-electron chi connectivity index (χ2n) is 4.33. The molecule has 0 fully saturated rings. The number of halogens is 2. The van der Waals surface area contributed by atoms with E-state index in [-0.39, 0.29) is 15.9 Å². The minimum atomic E-state index is -3.73. The average Bonchev–Trinajstić information content (AvgIpc) is 2.41. The van der Waals surface area contributed by atoms with Crippen LogP contribution in [0.5, 0.6) is 0 Å². The fourth-order valence-electron chi connectivity index (χ4n) is 1.71. The molecule has 2 aromatic carbocycles. The van der Waals surface area contributed by atoms with Gasteiger partial charge in [-0.25, -0.2) is 17.5 Å². The van der Waals surface area contributed by atoms with E-state index < -0.39 is 15.8 Å². The molecule has 2 rings (SSSR count). The quantitative estimate of drug-likeness (QED) is 0.911. The number of sulfonamides is 1. The van der Waals surface area contributed by atoms with Crippen molar-refractivity contribution in [1.82, 2.24) is 4.72 Å². The highest BCUT2D eigenvalue weighted by Crippen LogP contribution is 2.19. The van der Waals surface area contributed by atoms with Gasteiger partial charge in [0.05, 0.1) is 9.37 Å². The van der Waals surface area contributed by atoms with Crippen LogP contribution in [0.3, 0.4) is 0 Å². The summed E-state index contributed by atoms with van der Waals surface area (Å²) >= 11 is 2.99. The zero-order chi connectivity index (χ0) is 14.8. The third kappa shape index (κ3) is 3.45. The lowest BCUT2D eigenvalue weighted by Crippen LogP contribution is -2.23. The van der Waals surface area contributed by atoms with Gasteiger partial charge in [-0.2, -0.15) is 0 Å². The predicted molar refractivity (Wildman–Crippen MR) is 79.3 cm³/mol. The Bertz CT molecular complexity index is 732. The summed E-state index contributed by atoms with van der Waals surface area (Å²) in [7, 11) is -3.73. The van der Waals surface area contributed by atoms with Gasteiger partial charge in [-0.3, -0.25) is 0 Å². The maximum atomic E-state index is 13.4. The first-order chi connectivity index (χ1) is 9.40. The van der Waals surface area contributed by atoms with Crippen LogP contribution < -0.4 is 4.72 Å². The van der Waals surface area contributed by atoms with Crippen LogP contribution >= 0.6 is 15.9 Å². The number of hydrogen-bond acceptors (Lipinski definition) is 2. The third-order valence-electron chi connectivity index (χ3n) is 2.92.